The van der Waals surface area contributed by atoms with Gasteiger partial charge in [0.15, 0.2) is 6.61 Å². The second-order valence-corrected chi connectivity index (χ2v) is 5.68. The molecule has 0 atom stereocenters. The van der Waals surface area contributed by atoms with E-state index >= 15 is 0 Å². The molecule has 1 heterocycles. The molecule has 2 N–H and O–H groups in total. The number of anilines is 1. The van der Waals surface area contributed by atoms with Crippen molar-refractivity contribution in [3.8, 4) is 5.75 Å². The molecule has 0 aliphatic carbocycles. The van der Waals surface area contributed by atoms with Crippen LogP contribution in [-0.2, 0) is 9.53 Å². The number of nitrogen functional groups attached to an aromatic ring is 1. The molecule has 5 nitrogen and oxygen atoms in total. The Bertz CT molecular complexity index is 508. The van der Waals surface area contributed by atoms with Gasteiger partial charge in [0.25, 0.3) is 5.91 Å². The predicted octanol–water partition coefficient (Wildman–Crippen LogP) is 1.94. The highest BCUT2D eigenvalue weighted by molar-refractivity contribution is 5.78. The van der Waals surface area contributed by atoms with Gasteiger partial charge >= 0.3 is 0 Å². The second-order valence-electron chi connectivity index (χ2n) is 5.68. The van der Waals surface area contributed by atoms with Crippen LogP contribution >= 0.6 is 0 Å². The molecule has 1 aliphatic heterocycles. The Balaban J connectivity index is 2.05. The number of nitrogens with zero attached hydrogens (tertiary/aromatic N) is 1. The molecule has 1 amide bonds. The average Bonchev–Trinajstić information content (AvgIpc) is 2.48. The molecule has 0 radical (unpaired) electrons. The first kappa shape index (κ1) is 15.6. The van der Waals surface area contributed by atoms with Crippen LogP contribution in [0.1, 0.15) is 30.9 Å². The molecule has 21 heavy (non-hydrogen) atoms. The first-order valence-corrected chi connectivity index (χ1v) is 7.37. The van der Waals surface area contributed by atoms with E-state index in [2.05, 4.69) is 13.8 Å². The van der Waals surface area contributed by atoms with Gasteiger partial charge in [-0.25, -0.2) is 0 Å². The van der Waals surface area contributed by atoms with Crippen LogP contribution in [0.4, 0.5) is 5.69 Å². The summed E-state index contributed by atoms with van der Waals surface area (Å²) < 4.78 is 11.0. The third kappa shape index (κ3) is 3.88. The van der Waals surface area contributed by atoms with E-state index in [1.165, 1.54) is 0 Å². The quantitative estimate of drug-likeness (QED) is 0.861. The Morgan fingerprint density at radius 2 is 2.05 bits per heavy atom. The van der Waals surface area contributed by atoms with E-state index in [1.807, 2.05) is 19.1 Å². The number of ether oxygens (including phenoxy) is 2. The van der Waals surface area contributed by atoms with Crippen LogP contribution in [0.2, 0.25) is 0 Å². The monoisotopic (exact) mass is 292 g/mol. The summed E-state index contributed by atoms with van der Waals surface area (Å²) in [7, 11) is 0. The highest BCUT2D eigenvalue weighted by Crippen LogP contribution is 2.30. The van der Waals surface area contributed by atoms with Crippen molar-refractivity contribution in [1.29, 1.82) is 0 Å². The van der Waals surface area contributed by atoms with Gasteiger partial charge in [0.05, 0.1) is 13.2 Å². The molecule has 1 aromatic carbocycles. The van der Waals surface area contributed by atoms with Crippen molar-refractivity contribution in [3.05, 3.63) is 23.3 Å². The standard InChI is InChI=1S/C16H24N2O3/c1-11(2)13-9-14(17)12(3)8-15(13)21-10-16(19)18-4-6-20-7-5-18/h8-9,11H,4-7,10,17H2,1-3H3. The summed E-state index contributed by atoms with van der Waals surface area (Å²) >= 11 is 0. The predicted molar refractivity (Wildman–Crippen MR) is 82.6 cm³/mol. The number of amides is 1. The molecule has 0 bridgehead atoms. The van der Waals surface area contributed by atoms with Gasteiger partial charge in [0.1, 0.15) is 5.75 Å². The Morgan fingerprint density at radius 3 is 2.67 bits per heavy atom. The van der Waals surface area contributed by atoms with Crippen LogP contribution in [-0.4, -0.2) is 43.7 Å². The van der Waals surface area contributed by atoms with Crippen molar-refractivity contribution in [2.45, 2.75) is 26.7 Å². The Labute approximate surface area is 126 Å². The van der Waals surface area contributed by atoms with Crippen LogP contribution in [0.3, 0.4) is 0 Å². The summed E-state index contributed by atoms with van der Waals surface area (Å²) in [6.07, 6.45) is 0. The lowest BCUT2D eigenvalue weighted by molar-refractivity contribution is -0.137. The van der Waals surface area contributed by atoms with Crippen LogP contribution < -0.4 is 10.5 Å². The maximum Gasteiger partial charge on any atom is 0.260 e. The van der Waals surface area contributed by atoms with Gasteiger partial charge in [-0.05, 0) is 36.1 Å². The topological polar surface area (TPSA) is 64.8 Å². The summed E-state index contributed by atoms with van der Waals surface area (Å²) in [5.41, 5.74) is 8.71. The SMILES string of the molecule is Cc1cc(OCC(=O)N2CCOCC2)c(C(C)C)cc1N. The molecule has 1 saturated heterocycles. The van der Waals surface area contributed by atoms with E-state index in [9.17, 15) is 4.79 Å². The number of carbonyl (C=O) groups excluding carboxylic acids is 1. The van der Waals surface area contributed by atoms with Crippen molar-refractivity contribution in [3.63, 3.8) is 0 Å². The first-order chi connectivity index (χ1) is 9.99. The van der Waals surface area contributed by atoms with E-state index in [4.69, 9.17) is 15.2 Å². The first-order valence-electron chi connectivity index (χ1n) is 7.37. The summed E-state index contributed by atoms with van der Waals surface area (Å²) in [6, 6.07) is 3.85. The number of nitrogens with two attached hydrogens (primary N) is 1. The van der Waals surface area contributed by atoms with Crippen molar-refractivity contribution in [2.75, 3.05) is 38.6 Å². The van der Waals surface area contributed by atoms with Crippen molar-refractivity contribution in [1.82, 2.24) is 4.90 Å². The van der Waals surface area contributed by atoms with Gasteiger partial charge in [0, 0.05) is 18.8 Å². The van der Waals surface area contributed by atoms with E-state index in [-0.39, 0.29) is 12.5 Å². The highest BCUT2D eigenvalue weighted by Gasteiger charge is 2.18. The second kappa shape index (κ2) is 6.80. The minimum Gasteiger partial charge on any atom is -0.483 e. The number of hydrogen-bond acceptors (Lipinski definition) is 4. The minimum absolute atomic E-state index is 0.00230. The molecule has 0 spiro atoms. The lowest BCUT2D eigenvalue weighted by Gasteiger charge is -2.27. The third-order valence-corrected chi connectivity index (χ3v) is 3.74. The van der Waals surface area contributed by atoms with Gasteiger partial charge in [-0.2, -0.15) is 0 Å². The summed E-state index contributed by atoms with van der Waals surface area (Å²) in [4.78, 5) is 13.9. The molecule has 1 fully saturated rings. The Kier molecular flexibility index (Phi) is 5.07. The molecule has 1 aromatic rings. The van der Waals surface area contributed by atoms with Crippen LogP contribution in [0.25, 0.3) is 0 Å². The van der Waals surface area contributed by atoms with E-state index in [0.717, 1.165) is 22.6 Å². The minimum atomic E-state index is 0.00230. The molecule has 0 aromatic heterocycles. The lowest BCUT2D eigenvalue weighted by atomic mass is 9.99. The number of carbonyl (C=O) groups is 1. The number of benzene rings is 1. The maximum absolute atomic E-state index is 12.1. The number of rotatable bonds is 4. The Hall–Kier alpha value is -1.75. The van der Waals surface area contributed by atoms with E-state index < -0.39 is 0 Å². The lowest BCUT2D eigenvalue weighted by Crippen LogP contribution is -2.43. The van der Waals surface area contributed by atoms with Crippen LogP contribution in [0, 0.1) is 6.92 Å². The van der Waals surface area contributed by atoms with Gasteiger partial charge in [-0.15, -0.1) is 0 Å². The fourth-order valence-electron chi connectivity index (χ4n) is 2.34. The molecule has 116 valence electrons. The zero-order chi connectivity index (χ0) is 15.4. The van der Waals surface area contributed by atoms with Crippen LogP contribution in [0.5, 0.6) is 5.75 Å². The fourth-order valence-corrected chi connectivity index (χ4v) is 2.34. The molecule has 1 aliphatic rings. The smallest absolute Gasteiger partial charge is 0.260 e. The molecular formula is C16H24N2O3. The maximum atomic E-state index is 12.1. The molecule has 5 heteroatoms. The van der Waals surface area contributed by atoms with Crippen molar-refractivity contribution < 1.29 is 14.3 Å². The number of morpholine rings is 1. The number of aryl methyl sites for hydroxylation is 1. The summed E-state index contributed by atoms with van der Waals surface area (Å²) in [6.45, 7) is 8.65. The molecule has 0 saturated carbocycles. The normalized spacial score (nSPS) is 15.3. The Morgan fingerprint density at radius 1 is 1.38 bits per heavy atom. The third-order valence-electron chi connectivity index (χ3n) is 3.74. The highest BCUT2D eigenvalue weighted by atomic mass is 16.5. The molecule has 0 unspecified atom stereocenters. The largest absolute Gasteiger partial charge is 0.483 e. The van der Waals surface area contributed by atoms with Crippen molar-refractivity contribution >= 4 is 11.6 Å². The average molecular weight is 292 g/mol. The van der Waals surface area contributed by atoms with E-state index in [0.29, 0.717) is 32.2 Å². The summed E-state index contributed by atoms with van der Waals surface area (Å²) in [5.74, 6) is 1.04. The molecule has 2 rings (SSSR count). The van der Waals surface area contributed by atoms with Gasteiger partial charge in [-0.3, -0.25) is 4.79 Å². The van der Waals surface area contributed by atoms with E-state index in [1.54, 1.807) is 4.90 Å². The fraction of sp³-hybridized carbons (Fsp3) is 0.562. The zero-order valence-electron chi connectivity index (χ0n) is 13.0. The zero-order valence-corrected chi connectivity index (χ0v) is 13.0. The van der Waals surface area contributed by atoms with Crippen LogP contribution in [0.15, 0.2) is 12.1 Å². The summed E-state index contributed by atoms with van der Waals surface area (Å²) in [5, 5.41) is 0. The number of hydrogen-bond donors (Lipinski definition) is 1. The van der Waals surface area contributed by atoms with Gasteiger partial charge in [0.2, 0.25) is 0 Å². The van der Waals surface area contributed by atoms with Crippen molar-refractivity contribution in [2.24, 2.45) is 0 Å². The van der Waals surface area contributed by atoms with Gasteiger partial charge in [-0.1, -0.05) is 13.8 Å². The molecular weight excluding hydrogens is 268 g/mol. The van der Waals surface area contributed by atoms with Gasteiger partial charge < -0.3 is 20.1 Å².